The highest BCUT2D eigenvalue weighted by Gasteiger charge is 2.24. The number of anilines is 1. The predicted octanol–water partition coefficient (Wildman–Crippen LogP) is 3.70. The topological polar surface area (TPSA) is 78.5 Å². The van der Waals surface area contributed by atoms with E-state index in [1.54, 1.807) is 26.0 Å². The average Bonchev–Trinajstić information content (AvgIpc) is 2.70. The standard InChI is InChI=1S/C22H31N3O3S/c1-6-25(7-2)29(27,28)21-15-20(14-13-16(21)3)24-22(26)18(5)23-17(4)19-11-9-8-10-12-19/h8-15,17-18,23H,6-7H2,1-5H3,(H,24,26)/t17-,18+/m1/s1. The van der Waals surface area contributed by atoms with Gasteiger partial charge in [-0.3, -0.25) is 10.1 Å². The molecule has 2 N–H and O–H groups in total. The van der Waals surface area contributed by atoms with E-state index in [9.17, 15) is 13.2 Å². The number of hydrogen-bond acceptors (Lipinski definition) is 4. The summed E-state index contributed by atoms with van der Waals surface area (Å²) in [6.07, 6.45) is 0. The fourth-order valence-corrected chi connectivity index (χ4v) is 4.91. The molecule has 0 aliphatic heterocycles. The molecule has 2 rings (SSSR count). The van der Waals surface area contributed by atoms with Crippen molar-refractivity contribution in [2.24, 2.45) is 0 Å². The van der Waals surface area contributed by atoms with Crippen LogP contribution in [0.2, 0.25) is 0 Å². The Morgan fingerprint density at radius 2 is 1.66 bits per heavy atom. The molecule has 0 unspecified atom stereocenters. The summed E-state index contributed by atoms with van der Waals surface area (Å²) in [5.41, 5.74) is 2.21. The molecule has 0 saturated carbocycles. The monoisotopic (exact) mass is 417 g/mol. The van der Waals surface area contributed by atoms with Gasteiger partial charge in [0.05, 0.1) is 10.9 Å². The van der Waals surface area contributed by atoms with E-state index >= 15 is 0 Å². The van der Waals surface area contributed by atoms with Gasteiger partial charge in [0.15, 0.2) is 0 Å². The number of rotatable bonds is 9. The summed E-state index contributed by atoms with van der Waals surface area (Å²) in [4.78, 5) is 12.9. The molecule has 0 radical (unpaired) electrons. The third-order valence-electron chi connectivity index (χ3n) is 4.97. The Hall–Kier alpha value is -2.22. The van der Waals surface area contributed by atoms with E-state index in [2.05, 4.69) is 10.6 Å². The average molecular weight is 418 g/mol. The Bertz CT molecular complexity index is 926. The molecule has 1 amide bonds. The second-order valence-corrected chi connectivity index (χ2v) is 8.99. The maximum atomic E-state index is 12.9. The molecule has 0 fully saturated rings. The lowest BCUT2D eigenvalue weighted by Crippen LogP contribution is -2.39. The normalized spacial score (nSPS) is 13.9. The van der Waals surface area contributed by atoms with Crippen LogP contribution >= 0.6 is 0 Å². The Labute approximate surface area is 174 Å². The largest absolute Gasteiger partial charge is 0.325 e. The number of amides is 1. The van der Waals surface area contributed by atoms with Crippen LogP contribution in [0.3, 0.4) is 0 Å². The number of nitrogens with one attached hydrogen (secondary N) is 2. The molecule has 6 nitrogen and oxygen atoms in total. The summed E-state index contributed by atoms with van der Waals surface area (Å²) in [5, 5.41) is 6.10. The maximum absolute atomic E-state index is 12.9. The van der Waals surface area contributed by atoms with Crippen molar-refractivity contribution in [2.45, 2.75) is 51.6 Å². The van der Waals surface area contributed by atoms with Gasteiger partial charge in [-0.05, 0) is 44.0 Å². The van der Waals surface area contributed by atoms with Crippen LogP contribution in [0.25, 0.3) is 0 Å². The zero-order valence-electron chi connectivity index (χ0n) is 17.8. The molecule has 2 aromatic carbocycles. The maximum Gasteiger partial charge on any atom is 0.243 e. The lowest BCUT2D eigenvalue weighted by atomic mass is 10.1. The molecular formula is C22H31N3O3S. The van der Waals surface area contributed by atoms with Gasteiger partial charge in [0.1, 0.15) is 0 Å². The van der Waals surface area contributed by atoms with Crippen molar-refractivity contribution in [3.8, 4) is 0 Å². The highest BCUT2D eigenvalue weighted by atomic mass is 32.2. The first-order valence-corrected chi connectivity index (χ1v) is 11.4. The van der Waals surface area contributed by atoms with Gasteiger partial charge in [-0.25, -0.2) is 8.42 Å². The van der Waals surface area contributed by atoms with Crippen molar-refractivity contribution in [3.63, 3.8) is 0 Å². The molecule has 158 valence electrons. The van der Waals surface area contributed by atoms with Crippen molar-refractivity contribution in [1.82, 2.24) is 9.62 Å². The third kappa shape index (κ3) is 5.65. The SMILES string of the molecule is CCN(CC)S(=O)(=O)c1cc(NC(=O)[C@H](C)N[C@H](C)c2ccccc2)ccc1C. The van der Waals surface area contributed by atoms with Crippen LogP contribution < -0.4 is 10.6 Å². The molecule has 29 heavy (non-hydrogen) atoms. The molecule has 0 bridgehead atoms. The molecule has 2 atom stereocenters. The molecule has 2 aromatic rings. The number of sulfonamides is 1. The van der Waals surface area contributed by atoms with E-state index in [1.807, 2.05) is 51.1 Å². The summed E-state index contributed by atoms with van der Waals surface area (Å²) >= 11 is 0. The molecule has 0 spiro atoms. The molecular weight excluding hydrogens is 386 g/mol. The van der Waals surface area contributed by atoms with E-state index in [-0.39, 0.29) is 16.8 Å². The van der Waals surface area contributed by atoms with Gasteiger partial charge in [-0.15, -0.1) is 0 Å². The number of carbonyl (C=O) groups is 1. The van der Waals surface area contributed by atoms with Crippen LogP contribution in [0.5, 0.6) is 0 Å². The van der Waals surface area contributed by atoms with Crippen LogP contribution in [0, 0.1) is 6.92 Å². The number of benzene rings is 2. The first-order chi connectivity index (χ1) is 13.7. The van der Waals surface area contributed by atoms with Crippen molar-refractivity contribution < 1.29 is 13.2 Å². The second-order valence-electron chi connectivity index (χ2n) is 7.08. The van der Waals surface area contributed by atoms with E-state index in [1.165, 1.54) is 10.4 Å². The summed E-state index contributed by atoms with van der Waals surface area (Å²) < 4.78 is 27.2. The van der Waals surface area contributed by atoms with Gasteiger partial charge in [0.2, 0.25) is 15.9 Å². The highest BCUT2D eigenvalue weighted by Crippen LogP contribution is 2.24. The van der Waals surface area contributed by atoms with Gasteiger partial charge in [-0.1, -0.05) is 50.2 Å². The summed E-state index contributed by atoms with van der Waals surface area (Å²) in [7, 11) is -3.60. The van der Waals surface area contributed by atoms with Gasteiger partial charge in [0.25, 0.3) is 0 Å². The van der Waals surface area contributed by atoms with Gasteiger partial charge in [-0.2, -0.15) is 4.31 Å². The Morgan fingerprint density at radius 3 is 2.24 bits per heavy atom. The van der Waals surface area contributed by atoms with Crippen LogP contribution in [-0.2, 0) is 14.8 Å². The van der Waals surface area contributed by atoms with E-state index < -0.39 is 16.1 Å². The Balaban J connectivity index is 2.14. The molecule has 0 heterocycles. The third-order valence-corrected chi connectivity index (χ3v) is 7.16. The van der Waals surface area contributed by atoms with Crippen molar-refractivity contribution in [2.75, 3.05) is 18.4 Å². The van der Waals surface area contributed by atoms with E-state index in [0.29, 0.717) is 24.3 Å². The minimum atomic E-state index is -3.60. The minimum absolute atomic E-state index is 0.00794. The second kappa shape index (κ2) is 10.0. The molecule has 0 aliphatic rings. The number of nitrogens with zero attached hydrogens (tertiary/aromatic N) is 1. The van der Waals surface area contributed by atoms with Crippen LogP contribution in [-0.4, -0.2) is 37.8 Å². The number of hydrogen-bond donors (Lipinski definition) is 2. The zero-order valence-corrected chi connectivity index (χ0v) is 18.6. The summed E-state index contributed by atoms with van der Waals surface area (Å²) in [5.74, 6) is -0.220. The molecule has 0 aromatic heterocycles. The Kier molecular flexibility index (Phi) is 7.96. The van der Waals surface area contributed by atoms with Crippen LogP contribution in [0.1, 0.15) is 44.9 Å². The zero-order chi connectivity index (χ0) is 21.6. The van der Waals surface area contributed by atoms with Gasteiger partial charge in [0, 0.05) is 24.8 Å². The van der Waals surface area contributed by atoms with Crippen molar-refractivity contribution in [1.29, 1.82) is 0 Å². The predicted molar refractivity (Wildman–Crippen MR) is 117 cm³/mol. The molecule has 7 heteroatoms. The molecule has 0 aliphatic carbocycles. The quantitative estimate of drug-likeness (QED) is 0.652. The minimum Gasteiger partial charge on any atom is -0.325 e. The van der Waals surface area contributed by atoms with Crippen LogP contribution in [0.4, 0.5) is 5.69 Å². The number of aryl methyl sites for hydroxylation is 1. The highest BCUT2D eigenvalue weighted by molar-refractivity contribution is 7.89. The first-order valence-electron chi connectivity index (χ1n) is 9.93. The van der Waals surface area contributed by atoms with Crippen molar-refractivity contribution >= 4 is 21.6 Å². The fraction of sp³-hybridized carbons (Fsp3) is 0.409. The lowest BCUT2D eigenvalue weighted by molar-refractivity contribution is -0.117. The van der Waals surface area contributed by atoms with Gasteiger partial charge >= 0.3 is 0 Å². The lowest BCUT2D eigenvalue weighted by Gasteiger charge is -2.22. The summed E-state index contributed by atoms with van der Waals surface area (Å²) in [6, 6.07) is 14.4. The summed E-state index contributed by atoms with van der Waals surface area (Å²) in [6.45, 7) is 9.96. The van der Waals surface area contributed by atoms with Crippen LogP contribution in [0.15, 0.2) is 53.4 Å². The fourth-order valence-electron chi connectivity index (χ4n) is 3.20. The first kappa shape index (κ1) is 23.1. The van der Waals surface area contributed by atoms with Gasteiger partial charge < -0.3 is 5.32 Å². The molecule has 0 saturated heterocycles. The Morgan fingerprint density at radius 1 is 1.03 bits per heavy atom. The smallest absolute Gasteiger partial charge is 0.243 e. The van der Waals surface area contributed by atoms with E-state index in [0.717, 1.165) is 5.56 Å². The number of carbonyl (C=O) groups excluding carboxylic acids is 1. The van der Waals surface area contributed by atoms with Crippen molar-refractivity contribution in [3.05, 3.63) is 59.7 Å². The van der Waals surface area contributed by atoms with E-state index in [4.69, 9.17) is 0 Å².